The highest BCUT2D eigenvalue weighted by molar-refractivity contribution is 5.38. The van der Waals surface area contributed by atoms with Crippen molar-refractivity contribution in [2.45, 2.75) is 0 Å². The summed E-state index contributed by atoms with van der Waals surface area (Å²) in [6, 6.07) is 13.3. The van der Waals surface area contributed by atoms with E-state index in [1.165, 1.54) is 0 Å². The fourth-order valence-corrected chi connectivity index (χ4v) is 1.14. The Bertz CT molecular complexity index is 382. The van der Waals surface area contributed by atoms with E-state index in [0.717, 1.165) is 5.69 Å². The van der Waals surface area contributed by atoms with Crippen LogP contribution in [-0.2, 0) is 0 Å². The van der Waals surface area contributed by atoms with Crippen LogP contribution >= 0.6 is 0 Å². The average Bonchev–Trinajstić information content (AvgIpc) is 2.54. The zero-order chi connectivity index (χ0) is 8.39. The van der Waals surface area contributed by atoms with Crippen LogP contribution in [0, 0.1) is 0 Å². The normalized spacial score (nSPS) is 14.4. The summed E-state index contributed by atoms with van der Waals surface area (Å²) in [5, 5.41) is 0. The van der Waals surface area contributed by atoms with E-state index in [1.54, 1.807) is 0 Å². The Morgan fingerprint density at radius 2 is 1.83 bits per heavy atom. The van der Waals surface area contributed by atoms with Crippen LogP contribution in [0.3, 0.4) is 0 Å². The number of nitrogens with zero attached hydrogens (tertiary/aromatic N) is 2. The van der Waals surface area contributed by atoms with Gasteiger partial charge in [-0.3, -0.25) is 0 Å². The zero-order valence-corrected chi connectivity index (χ0v) is 6.94. The Balaban J connectivity index is 2.47. The fourth-order valence-electron chi connectivity index (χ4n) is 1.14. The van der Waals surface area contributed by atoms with Crippen LogP contribution in [0.2, 0.25) is 0 Å². The highest BCUT2D eigenvalue weighted by Gasteiger charge is 2.14. The molecule has 0 spiro atoms. The summed E-state index contributed by atoms with van der Waals surface area (Å²) in [5.74, 6) is 0. The van der Waals surface area contributed by atoms with E-state index in [1.807, 2.05) is 46.8 Å². The van der Waals surface area contributed by atoms with Crippen molar-refractivity contribution in [2.75, 3.05) is 7.05 Å². The van der Waals surface area contributed by atoms with E-state index in [2.05, 4.69) is 18.1 Å². The van der Waals surface area contributed by atoms with Crippen molar-refractivity contribution in [2.24, 2.45) is 0 Å². The van der Waals surface area contributed by atoms with Gasteiger partial charge in [-0.15, -0.1) is 0 Å². The topological polar surface area (TPSA) is 6.02 Å². The van der Waals surface area contributed by atoms with E-state index in [0.29, 0.717) is 0 Å². The molecule has 0 fully saturated rings. The lowest BCUT2D eigenvalue weighted by molar-refractivity contribution is -0.429. The molecule has 1 aromatic rings. The van der Waals surface area contributed by atoms with Crippen molar-refractivity contribution < 1.29 is 9.15 Å². The molecule has 58 valence electrons. The first-order valence-electron chi connectivity index (χ1n) is 3.88. The van der Waals surface area contributed by atoms with Gasteiger partial charge in [0.1, 0.15) is 0 Å². The van der Waals surface area contributed by atoms with Crippen LogP contribution < -0.4 is 0 Å². The van der Waals surface area contributed by atoms with Gasteiger partial charge in [0.05, 0.1) is 0 Å². The molecule has 0 N–H and O–H groups in total. The molecule has 0 atom stereocenters. The second-order valence-corrected chi connectivity index (χ2v) is 2.71. The maximum atomic E-state index is 3.13. The largest absolute Gasteiger partial charge is 0.495 e. The number of benzene rings is 1. The molecule has 0 saturated heterocycles. The molecule has 2 heteroatoms. The summed E-state index contributed by atoms with van der Waals surface area (Å²) in [6.45, 7) is 0. The maximum Gasteiger partial charge on any atom is 0.495 e. The average molecular weight is 158 g/mol. The van der Waals surface area contributed by atoms with Crippen LogP contribution in [0.5, 0.6) is 0 Å². The van der Waals surface area contributed by atoms with Crippen molar-refractivity contribution in [3.8, 4) is 0 Å². The van der Waals surface area contributed by atoms with Crippen molar-refractivity contribution in [3.05, 3.63) is 42.7 Å². The second-order valence-electron chi connectivity index (χ2n) is 2.71. The molecule has 1 aliphatic rings. The molecule has 0 radical (unpaired) electrons. The van der Waals surface area contributed by atoms with Crippen LogP contribution in [-0.4, -0.2) is 22.2 Å². The minimum Gasteiger partial charge on any atom is -0.0968 e. The van der Waals surface area contributed by atoms with Gasteiger partial charge in [-0.25, -0.2) is 0 Å². The fraction of sp³-hybridized carbons (Fsp3) is 0.100. The predicted molar refractivity (Wildman–Crippen MR) is 46.7 cm³/mol. The van der Waals surface area contributed by atoms with Crippen molar-refractivity contribution in [1.82, 2.24) is 0 Å². The first kappa shape index (κ1) is 7.01. The highest BCUT2D eigenvalue weighted by atomic mass is 15.1. The Kier molecular flexibility index (Phi) is 1.61. The first-order valence-corrected chi connectivity index (χ1v) is 3.88. The van der Waals surface area contributed by atoms with E-state index >= 15 is 0 Å². The van der Waals surface area contributed by atoms with Gasteiger partial charge >= 0.3 is 6.01 Å². The van der Waals surface area contributed by atoms with Crippen molar-refractivity contribution >= 4 is 11.7 Å². The highest BCUT2D eigenvalue weighted by Crippen LogP contribution is 2.10. The molecule has 0 bridgehead atoms. The predicted octanol–water partition coefficient (Wildman–Crippen LogP) is 1.63. The standard InChI is InChI=1S/C10H10N2/c1-11-7-8-12(9-11)10-5-3-2-4-6-10/h2-8H,1H3/q+2. The van der Waals surface area contributed by atoms with Gasteiger partial charge < -0.3 is 0 Å². The quantitative estimate of drug-likeness (QED) is 0.548. The number of hydrogen-bond donors (Lipinski definition) is 0. The summed E-state index contributed by atoms with van der Waals surface area (Å²) in [5.41, 5.74) is 1.14. The summed E-state index contributed by atoms with van der Waals surface area (Å²) >= 11 is 0. The Hall–Kier alpha value is -1.66. The molecule has 0 saturated carbocycles. The van der Waals surface area contributed by atoms with Crippen LogP contribution in [0.4, 0.5) is 5.69 Å². The molecular weight excluding hydrogens is 148 g/mol. The summed E-state index contributed by atoms with van der Waals surface area (Å²) in [6.07, 6.45) is 3.95. The van der Waals surface area contributed by atoms with E-state index in [9.17, 15) is 0 Å². The monoisotopic (exact) mass is 158 g/mol. The van der Waals surface area contributed by atoms with Crippen molar-refractivity contribution in [1.29, 1.82) is 0 Å². The maximum absolute atomic E-state index is 3.13. The molecular formula is C10H10N2+2. The third-order valence-electron chi connectivity index (χ3n) is 1.74. The lowest BCUT2D eigenvalue weighted by Crippen LogP contribution is -1.92. The molecule has 12 heavy (non-hydrogen) atoms. The smallest absolute Gasteiger partial charge is 0.0968 e. The van der Waals surface area contributed by atoms with Crippen LogP contribution in [0.15, 0.2) is 42.7 Å². The summed E-state index contributed by atoms with van der Waals surface area (Å²) < 4.78 is 3.85. The zero-order valence-electron chi connectivity index (χ0n) is 6.94. The van der Waals surface area contributed by atoms with E-state index < -0.39 is 0 Å². The minimum absolute atomic E-state index is 1.14. The lowest BCUT2D eigenvalue weighted by atomic mass is 10.3. The van der Waals surface area contributed by atoms with Gasteiger partial charge in [0.15, 0.2) is 7.05 Å². The number of hydrogen-bond acceptors (Lipinski definition) is 0. The molecule has 1 heterocycles. The summed E-state index contributed by atoms with van der Waals surface area (Å²) in [7, 11) is 1.96. The van der Waals surface area contributed by atoms with Crippen molar-refractivity contribution in [3.63, 3.8) is 0 Å². The Morgan fingerprint density at radius 3 is 2.42 bits per heavy atom. The van der Waals surface area contributed by atoms with Crippen LogP contribution in [0.1, 0.15) is 0 Å². The van der Waals surface area contributed by atoms with Gasteiger partial charge in [0.25, 0.3) is 6.20 Å². The van der Waals surface area contributed by atoms with Gasteiger partial charge in [-0.05, 0) is 0 Å². The van der Waals surface area contributed by atoms with Gasteiger partial charge in [0, 0.05) is 12.1 Å². The molecule has 0 unspecified atom stereocenters. The Morgan fingerprint density at radius 1 is 1.08 bits per heavy atom. The summed E-state index contributed by atoms with van der Waals surface area (Å²) in [4.78, 5) is 0. The molecule has 0 aromatic heterocycles. The lowest BCUT2D eigenvalue weighted by Gasteiger charge is -1.84. The third kappa shape index (κ3) is 1.20. The van der Waals surface area contributed by atoms with Crippen LogP contribution in [0.25, 0.3) is 0 Å². The van der Waals surface area contributed by atoms with Gasteiger partial charge in [-0.2, -0.15) is 0 Å². The molecule has 2 rings (SSSR count). The molecule has 1 aliphatic heterocycles. The SMILES string of the molecule is C[N+]1=C=[N+](c2ccccc2)C=C1. The molecule has 0 amide bonds. The molecule has 0 aliphatic carbocycles. The minimum atomic E-state index is 1.14. The molecule has 2 nitrogen and oxygen atoms in total. The second kappa shape index (κ2) is 2.76. The Labute approximate surface area is 71.4 Å². The van der Waals surface area contributed by atoms with E-state index in [4.69, 9.17) is 0 Å². The van der Waals surface area contributed by atoms with E-state index in [-0.39, 0.29) is 0 Å². The van der Waals surface area contributed by atoms with Gasteiger partial charge in [-0.1, -0.05) is 27.4 Å². The van der Waals surface area contributed by atoms with Gasteiger partial charge in [0.2, 0.25) is 11.9 Å². The molecule has 1 aromatic carbocycles. The number of para-hydroxylation sites is 1. The third-order valence-corrected chi connectivity index (χ3v) is 1.74. The number of rotatable bonds is 1. The first-order chi connectivity index (χ1) is 5.86.